The number of carbonyl (C=O) groups excluding carboxylic acids is 1. The van der Waals surface area contributed by atoms with E-state index in [1.807, 2.05) is 25.2 Å². The van der Waals surface area contributed by atoms with Gasteiger partial charge in [-0.2, -0.15) is 0 Å². The third-order valence-electron chi connectivity index (χ3n) is 2.53. The number of benzene rings is 1. The van der Waals surface area contributed by atoms with Gasteiger partial charge in [0.25, 0.3) is 0 Å². The number of hydrogen-bond acceptors (Lipinski definition) is 1. The number of hydrogen-bond donors (Lipinski definition) is 0. The molecule has 1 aromatic carbocycles. The molecule has 1 aromatic rings. The molecular weight excluding hydrogens is 222 g/mol. The average molecular weight is 240 g/mol. The monoisotopic (exact) mass is 239 g/mol. The molecule has 0 unspecified atom stereocenters. The highest BCUT2D eigenvalue weighted by Crippen LogP contribution is 2.02. The van der Waals surface area contributed by atoms with Crippen LogP contribution >= 0.6 is 11.6 Å². The second-order valence-electron chi connectivity index (χ2n) is 3.84. The first-order valence-electron chi connectivity index (χ1n) is 5.58. The Labute approximate surface area is 102 Å². The summed E-state index contributed by atoms with van der Waals surface area (Å²) < 4.78 is 0. The van der Waals surface area contributed by atoms with Gasteiger partial charge >= 0.3 is 0 Å². The highest BCUT2D eigenvalue weighted by Gasteiger charge is 2.07. The summed E-state index contributed by atoms with van der Waals surface area (Å²) in [7, 11) is 1.85. The molecule has 0 aliphatic carbocycles. The quantitative estimate of drug-likeness (QED) is 0.699. The lowest BCUT2D eigenvalue weighted by Gasteiger charge is -2.16. The van der Waals surface area contributed by atoms with E-state index in [1.54, 1.807) is 4.90 Å². The summed E-state index contributed by atoms with van der Waals surface area (Å²) in [6.45, 7) is 0.769. The van der Waals surface area contributed by atoms with Crippen LogP contribution in [0.15, 0.2) is 30.3 Å². The van der Waals surface area contributed by atoms with E-state index in [1.165, 1.54) is 5.56 Å². The van der Waals surface area contributed by atoms with Crippen LogP contribution in [0, 0.1) is 0 Å². The van der Waals surface area contributed by atoms with Crippen LogP contribution in [0.5, 0.6) is 0 Å². The standard InChI is InChI=1S/C13H18ClNO/c1-15(13(16)8-5-10-14)11-9-12-6-3-2-4-7-12/h2-4,6-7H,5,8-11H2,1H3. The van der Waals surface area contributed by atoms with Crippen LogP contribution in [0.3, 0.4) is 0 Å². The van der Waals surface area contributed by atoms with Gasteiger partial charge in [0.2, 0.25) is 5.91 Å². The molecule has 0 aliphatic heterocycles. The number of amides is 1. The van der Waals surface area contributed by atoms with Gasteiger partial charge in [0.05, 0.1) is 0 Å². The smallest absolute Gasteiger partial charge is 0.222 e. The molecule has 0 radical (unpaired) electrons. The topological polar surface area (TPSA) is 20.3 Å². The van der Waals surface area contributed by atoms with E-state index in [4.69, 9.17) is 11.6 Å². The molecule has 0 aromatic heterocycles. The minimum atomic E-state index is 0.177. The predicted molar refractivity (Wildman–Crippen MR) is 67.7 cm³/mol. The summed E-state index contributed by atoms with van der Waals surface area (Å²) in [5, 5.41) is 0. The minimum absolute atomic E-state index is 0.177. The van der Waals surface area contributed by atoms with Crippen molar-refractivity contribution in [1.29, 1.82) is 0 Å². The molecule has 1 amide bonds. The molecule has 0 aliphatic rings. The molecule has 0 saturated heterocycles. The van der Waals surface area contributed by atoms with E-state index in [-0.39, 0.29) is 5.91 Å². The second kappa shape index (κ2) is 7.29. The van der Waals surface area contributed by atoms with Crippen molar-refractivity contribution < 1.29 is 4.79 Å². The highest BCUT2D eigenvalue weighted by atomic mass is 35.5. The van der Waals surface area contributed by atoms with Crippen molar-refractivity contribution >= 4 is 17.5 Å². The number of alkyl halides is 1. The summed E-state index contributed by atoms with van der Waals surface area (Å²) in [5.74, 6) is 0.731. The zero-order valence-electron chi connectivity index (χ0n) is 9.66. The maximum Gasteiger partial charge on any atom is 0.222 e. The molecule has 0 bridgehead atoms. The van der Waals surface area contributed by atoms with Crippen molar-refractivity contribution in [2.45, 2.75) is 19.3 Å². The first kappa shape index (κ1) is 13.0. The van der Waals surface area contributed by atoms with Gasteiger partial charge in [-0.3, -0.25) is 4.79 Å². The Kier molecular flexibility index (Phi) is 5.94. The maximum atomic E-state index is 11.6. The predicted octanol–water partition coefficient (Wildman–Crippen LogP) is 2.71. The molecule has 0 heterocycles. The number of likely N-dealkylation sites (N-methyl/N-ethyl adjacent to an activating group) is 1. The highest BCUT2D eigenvalue weighted by molar-refractivity contribution is 6.17. The fourth-order valence-electron chi connectivity index (χ4n) is 1.48. The van der Waals surface area contributed by atoms with Crippen molar-refractivity contribution in [3.63, 3.8) is 0 Å². The minimum Gasteiger partial charge on any atom is -0.345 e. The number of nitrogens with zero attached hydrogens (tertiary/aromatic N) is 1. The van der Waals surface area contributed by atoms with E-state index < -0.39 is 0 Å². The van der Waals surface area contributed by atoms with Crippen LogP contribution in [0.2, 0.25) is 0 Å². The zero-order valence-corrected chi connectivity index (χ0v) is 10.4. The Morgan fingerprint density at radius 3 is 2.62 bits per heavy atom. The normalized spacial score (nSPS) is 10.1. The van der Waals surface area contributed by atoms with Crippen LogP contribution in [0.25, 0.3) is 0 Å². The lowest BCUT2D eigenvalue weighted by atomic mass is 10.1. The molecular formula is C13H18ClNO. The molecule has 0 atom stereocenters. The van der Waals surface area contributed by atoms with Crippen molar-refractivity contribution in [2.24, 2.45) is 0 Å². The molecule has 0 fully saturated rings. The zero-order chi connectivity index (χ0) is 11.8. The van der Waals surface area contributed by atoms with Crippen LogP contribution in [0.4, 0.5) is 0 Å². The molecule has 0 saturated carbocycles. The molecule has 0 N–H and O–H groups in total. The third kappa shape index (κ3) is 4.67. The van der Waals surface area contributed by atoms with Crippen LogP contribution in [-0.4, -0.2) is 30.3 Å². The van der Waals surface area contributed by atoms with E-state index >= 15 is 0 Å². The fraction of sp³-hybridized carbons (Fsp3) is 0.462. The lowest BCUT2D eigenvalue weighted by molar-refractivity contribution is -0.129. The average Bonchev–Trinajstić information content (AvgIpc) is 2.34. The van der Waals surface area contributed by atoms with Gasteiger partial charge in [-0.1, -0.05) is 30.3 Å². The summed E-state index contributed by atoms with van der Waals surface area (Å²) in [5.41, 5.74) is 1.26. The van der Waals surface area contributed by atoms with E-state index in [9.17, 15) is 4.79 Å². The van der Waals surface area contributed by atoms with E-state index in [0.717, 1.165) is 19.4 Å². The maximum absolute atomic E-state index is 11.6. The number of carbonyl (C=O) groups is 1. The van der Waals surface area contributed by atoms with Crippen molar-refractivity contribution in [1.82, 2.24) is 4.90 Å². The first-order chi connectivity index (χ1) is 7.74. The Balaban J connectivity index is 2.29. The van der Waals surface area contributed by atoms with Gasteiger partial charge in [0, 0.05) is 25.9 Å². The summed E-state index contributed by atoms with van der Waals surface area (Å²) in [6.07, 6.45) is 2.22. The molecule has 3 heteroatoms. The fourth-order valence-corrected chi connectivity index (χ4v) is 1.61. The van der Waals surface area contributed by atoms with Crippen LogP contribution < -0.4 is 0 Å². The van der Waals surface area contributed by atoms with Gasteiger partial charge in [-0.25, -0.2) is 0 Å². The SMILES string of the molecule is CN(CCc1ccccc1)C(=O)CCCCl. The number of halogens is 1. The van der Waals surface area contributed by atoms with Crippen molar-refractivity contribution in [2.75, 3.05) is 19.5 Å². The summed E-state index contributed by atoms with van der Waals surface area (Å²) >= 11 is 5.55. The van der Waals surface area contributed by atoms with Crippen LogP contribution in [0.1, 0.15) is 18.4 Å². The van der Waals surface area contributed by atoms with Crippen molar-refractivity contribution in [3.05, 3.63) is 35.9 Å². The largest absolute Gasteiger partial charge is 0.345 e. The van der Waals surface area contributed by atoms with Crippen molar-refractivity contribution in [3.8, 4) is 0 Å². The third-order valence-corrected chi connectivity index (χ3v) is 2.80. The Hall–Kier alpha value is -1.02. The van der Waals surface area contributed by atoms with Crippen LogP contribution in [-0.2, 0) is 11.2 Å². The van der Waals surface area contributed by atoms with E-state index in [0.29, 0.717) is 12.3 Å². The van der Waals surface area contributed by atoms with Gasteiger partial charge in [-0.05, 0) is 18.4 Å². The molecule has 0 spiro atoms. The Bertz CT molecular complexity index is 313. The summed E-state index contributed by atoms with van der Waals surface area (Å²) in [6, 6.07) is 10.2. The molecule has 16 heavy (non-hydrogen) atoms. The van der Waals surface area contributed by atoms with Gasteiger partial charge in [-0.15, -0.1) is 11.6 Å². The molecule has 1 rings (SSSR count). The summed E-state index contributed by atoms with van der Waals surface area (Å²) in [4.78, 5) is 13.4. The van der Waals surface area contributed by atoms with Gasteiger partial charge in [0.1, 0.15) is 0 Å². The molecule has 2 nitrogen and oxygen atoms in total. The Morgan fingerprint density at radius 1 is 1.31 bits per heavy atom. The van der Waals surface area contributed by atoms with Gasteiger partial charge in [0.15, 0.2) is 0 Å². The number of rotatable bonds is 6. The Morgan fingerprint density at radius 2 is 2.00 bits per heavy atom. The first-order valence-corrected chi connectivity index (χ1v) is 6.11. The second-order valence-corrected chi connectivity index (χ2v) is 4.22. The molecule has 88 valence electrons. The van der Waals surface area contributed by atoms with E-state index in [2.05, 4.69) is 12.1 Å². The lowest BCUT2D eigenvalue weighted by Crippen LogP contribution is -2.28. The van der Waals surface area contributed by atoms with Gasteiger partial charge < -0.3 is 4.90 Å².